The average molecular weight is 613 g/mol. The Bertz CT molecular complexity index is 1500. The number of H-pyrrole nitrogens is 1. The van der Waals surface area contributed by atoms with E-state index < -0.39 is 6.09 Å². The first-order valence-electron chi connectivity index (χ1n) is 14.1. The molecule has 0 aliphatic carbocycles. The summed E-state index contributed by atoms with van der Waals surface area (Å²) in [4.78, 5) is 21.3. The number of aromatic amines is 1. The minimum atomic E-state index is -0.423. The van der Waals surface area contributed by atoms with Gasteiger partial charge in [-0.2, -0.15) is 0 Å². The molecule has 0 bridgehead atoms. The van der Waals surface area contributed by atoms with Crippen molar-refractivity contribution >= 4 is 40.2 Å². The van der Waals surface area contributed by atoms with E-state index in [0.717, 1.165) is 72.4 Å². The van der Waals surface area contributed by atoms with E-state index in [4.69, 9.17) is 37.8 Å². The molecule has 2 aliphatic heterocycles. The lowest BCUT2D eigenvalue weighted by Gasteiger charge is -2.35. The van der Waals surface area contributed by atoms with E-state index >= 15 is 0 Å². The van der Waals surface area contributed by atoms with E-state index in [1.165, 1.54) is 0 Å². The van der Waals surface area contributed by atoms with Gasteiger partial charge in [-0.05, 0) is 91.4 Å². The summed E-state index contributed by atoms with van der Waals surface area (Å²) in [5, 5.41) is 11.4. The molecule has 6 rings (SSSR count). The Hall–Kier alpha value is -3.27. The number of halogens is 2. The number of fused-ring (bicyclic) bond motifs is 3. The lowest BCUT2D eigenvalue weighted by Crippen LogP contribution is -2.42. The van der Waals surface area contributed by atoms with E-state index in [1.54, 1.807) is 29.2 Å². The molecule has 8 nitrogen and oxygen atoms in total. The van der Waals surface area contributed by atoms with Gasteiger partial charge < -0.3 is 29.9 Å². The van der Waals surface area contributed by atoms with Crippen molar-refractivity contribution in [2.75, 3.05) is 32.8 Å². The van der Waals surface area contributed by atoms with Crippen molar-refractivity contribution in [1.29, 1.82) is 0 Å². The number of aliphatic hydroxyl groups excluding tert-OH is 1. The summed E-state index contributed by atoms with van der Waals surface area (Å²) in [6.45, 7) is 3.61. The lowest BCUT2D eigenvalue weighted by atomic mass is 9.92. The van der Waals surface area contributed by atoms with Crippen LogP contribution >= 0.6 is 23.2 Å². The monoisotopic (exact) mass is 611 g/mol. The molecule has 1 aromatic heterocycles. The summed E-state index contributed by atoms with van der Waals surface area (Å²) in [6.07, 6.45) is 3.15. The number of rotatable bonds is 7. The molecule has 2 aliphatic rings. The predicted molar refractivity (Wildman–Crippen MR) is 165 cm³/mol. The van der Waals surface area contributed by atoms with Crippen LogP contribution in [0.15, 0.2) is 66.7 Å². The summed E-state index contributed by atoms with van der Waals surface area (Å²) in [5.41, 5.74) is 4.08. The van der Waals surface area contributed by atoms with Gasteiger partial charge in [-0.15, -0.1) is 0 Å². The molecular weight excluding hydrogens is 577 g/mol. The number of carbonyl (C=O) groups excluding carboxylic acids is 1. The fraction of sp³-hybridized carbons (Fsp3) is 0.344. The second-order valence-electron chi connectivity index (χ2n) is 10.7. The quantitative estimate of drug-likeness (QED) is 0.265. The number of aliphatic hydroxyl groups is 1. The van der Waals surface area contributed by atoms with Crippen LogP contribution in [0, 0.1) is 0 Å². The van der Waals surface area contributed by atoms with Crippen LogP contribution < -0.4 is 9.47 Å². The number of nitrogens with zero attached hydrogens (tertiary/aromatic N) is 2. The van der Waals surface area contributed by atoms with Crippen molar-refractivity contribution in [3.63, 3.8) is 0 Å². The maximum atomic E-state index is 13.5. The number of piperidine rings is 1. The van der Waals surface area contributed by atoms with Gasteiger partial charge >= 0.3 is 6.09 Å². The molecule has 1 amide bonds. The van der Waals surface area contributed by atoms with Crippen LogP contribution in [0.1, 0.15) is 42.1 Å². The van der Waals surface area contributed by atoms with Crippen molar-refractivity contribution in [3.05, 3.63) is 93.6 Å². The van der Waals surface area contributed by atoms with Gasteiger partial charge in [-0.25, -0.2) is 4.79 Å². The summed E-state index contributed by atoms with van der Waals surface area (Å²) in [7, 11) is 0. The summed E-state index contributed by atoms with van der Waals surface area (Å²) in [5.74, 6) is 1.26. The average Bonchev–Trinajstić information content (AvgIpc) is 3.36. The number of carbonyl (C=O) groups is 1. The molecule has 1 fully saturated rings. The van der Waals surface area contributed by atoms with Gasteiger partial charge in [-0.3, -0.25) is 4.90 Å². The zero-order valence-corrected chi connectivity index (χ0v) is 24.7. The van der Waals surface area contributed by atoms with E-state index in [2.05, 4.69) is 9.88 Å². The van der Waals surface area contributed by atoms with Gasteiger partial charge in [0.25, 0.3) is 0 Å². The second-order valence-corrected chi connectivity index (χ2v) is 11.6. The maximum absolute atomic E-state index is 13.5. The second kappa shape index (κ2) is 13.4. The topological polar surface area (TPSA) is 110 Å². The smallest absolute Gasteiger partial charge is 0.416 e. The van der Waals surface area contributed by atoms with Crippen molar-refractivity contribution < 1.29 is 24.9 Å². The molecule has 3 aromatic carbocycles. The largest absolute Gasteiger partial charge is 0.490 e. The highest BCUT2D eigenvalue weighted by Gasteiger charge is 2.36. The molecule has 0 radical (unpaired) electrons. The van der Waals surface area contributed by atoms with Crippen molar-refractivity contribution in [3.8, 4) is 11.5 Å². The number of nitrogens with one attached hydrogen (secondary N) is 1. The zero-order valence-electron chi connectivity index (χ0n) is 23.2. The van der Waals surface area contributed by atoms with Crippen molar-refractivity contribution in [1.82, 2.24) is 14.8 Å². The fourth-order valence-electron chi connectivity index (χ4n) is 5.93. The van der Waals surface area contributed by atoms with Gasteiger partial charge in [0.05, 0.1) is 0 Å². The minimum Gasteiger partial charge on any atom is -0.490 e. The first-order chi connectivity index (χ1) is 20.0. The third-order valence-electron chi connectivity index (χ3n) is 8.01. The molecule has 0 saturated carbocycles. The number of ether oxygens (including phenoxy) is 2. The fourth-order valence-corrected chi connectivity index (χ4v) is 6.23. The molecule has 1 unspecified atom stereocenters. The third-order valence-corrected chi connectivity index (χ3v) is 8.50. The molecule has 1 saturated heterocycles. The minimum absolute atomic E-state index is 0. The highest BCUT2D eigenvalue weighted by molar-refractivity contribution is 6.31. The van der Waals surface area contributed by atoms with Gasteiger partial charge in [0.1, 0.15) is 23.6 Å². The van der Waals surface area contributed by atoms with Crippen LogP contribution in [0.2, 0.25) is 10.0 Å². The summed E-state index contributed by atoms with van der Waals surface area (Å²) < 4.78 is 12.1. The van der Waals surface area contributed by atoms with Crippen LogP contribution in [0.25, 0.3) is 10.9 Å². The zero-order chi connectivity index (χ0) is 28.3. The van der Waals surface area contributed by atoms with Crippen molar-refractivity contribution in [2.45, 2.75) is 37.8 Å². The molecule has 1 atom stereocenters. The number of benzene rings is 3. The Labute approximate surface area is 255 Å². The Morgan fingerprint density at radius 2 is 1.62 bits per heavy atom. The van der Waals surface area contributed by atoms with Crippen molar-refractivity contribution in [2.24, 2.45) is 0 Å². The standard InChI is InChI=1S/C32H33Cl2N3O4.H2O/c33-22-4-9-25(10-5-22)41-32(39)37-18-14-27-28-20-23(34)6-11-29(28)35-30(27)31(37)21-2-7-24(8-3-21)40-26-12-16-36(17-13-26)15-1-19-38;/h2-11,20,26,31,35,38H,1,12-19H2;1H2. The molecule has 3 heterocycles. The highest BCUT2D eigenvalue weighted by atomic mass is 35.5. The van der Waals surface area contributed by atoms with Gasteiger partial charge in [0.2, 0.25) is 0 Å². The normalized spacial score (nSPS) is 17.5. The number of hydrogen-bond donors (Lipinski definition) is 2. The van der Waals surface area contributed by atoms with Crippen LogP contribution in [0.3, 0.4) is 0 Å². The highest BCUT2D eigenvalue weighted by Crippen LogP contribution is 2.40. The predicted octanol–water partition coefficient (Wildman–Crippen LogP) is 6.02. The lowest BCUT2D eigenvalue weighted by molar-refractivity contribution is 0.0963. The Kier molecular flexibility index (Phi) is 9.60. The number of aromatic nitrogens is 1. The number of hydrogen-bond acceptors (Lipinski definition) is 5. The Morgan fingerprint density at radius 1 is 0.929 bits per heavy atom. The van der Waals surface area contributed by atoms with Crippen LogP contribution in [0.4, 0.5) is 4.79 Å². The van der Waals surface area contributed by atoms with E-state index in [-0.39, 0.29) is 24.2 Å². The van der Waals surface area contributed by atoms with E-state index in [9.17, 15) is 4.79 Å². The molecule has 42 heavy (non-hydrogen) atoms. The molecule has 0 spiro atoms. The maximum Gasteiger partial charge on any atom is 0.416 e. The Morgan fingerprint density at radius 3 is 2.33 bits per heavy atom. The first-order valence-corrected chi connectivity index (χ1v) is 14.9. The number of likely N-dealkylation sites (tertiary alicyclic amines) is 1. The molecular formula is C32H35Cl2N3O5. The van der Waals surface area contributed by atoms with Gasteiger partial charge in [-0.1, -0.05) is 35.3 Å². The molecule has 10 heteroatoms. The Balaban J connectivity index is 0.00000353. The number of amides is 1. The summed E-state index contributed by atoms with van der Waals surface area (Å²) in [6, 6.07) is 20.3. The van der Waals surface area contributed by atoms with E-state index in [0.29, 0.717) is 28.8 Å². The summed E-state index contributed by atoms with van der Waals surface area (Å²) >= 11 is 12.4. The van der Waals surface area contributed by atoms with Crippen LogP contribution in [0.5, 0.6) is 11.5 Å². The van der Waals surface area contributed by atoms with Crippen LogP contribution in [-0.4, -0.2) is 70.3 Å². The van der Waals surface area contributed by atoms with Gasteiger partial charge in [0, 0.05) is 59.4 Å². The molecule has 4 N–H and O–H groups in total. The third kappa shape index (κ3) is 6.53. The molecule has 222 valence electrons. The van der Waals surface area contributed by atoms with Gasteiger partial charge in [0.15, 0.2) is 0 Å². The molecule has 4 aromatic rings. The van der Waals surface area contributed by atoms with Crippen LogP contribution in [-0.2, 0) is 6.42 Å². The SMILES string of the molecule is O.O=C(Oc1ccc(Cl)cc1)N1CCc2c([nH]c3ccc(Cl)cc23)C1c1ccc(OC2CCN(CCCO)CC2)cc1. The first kappa shape index (κ1) is 30.2. The van der Waals surface area contributed by atoms with E-state index in [1.807, 2.05) is 42.5 Å².